The molecule has 0 rings (SSSR count). The summed E-state index contributed by atoms with van der Waals surface area (Å²) in [7, 11) is 2.02. The van der Waals surface area contributed by atoms with Gasteiger partial charge in [-0.3, -0.25) is 0 Å². The number of rotatable bonds is 7. The molecule has 74 valence electrons. The molecule has 0 aromatic heterocycles. The quantitative estimate of drug-likeness (QED) is 0.580. The Balaban J connectivity index is 3.08. The average Bonchev–Trinajstić information content (AvgIpc) is 2.03. The number of hydrogen-bond donors (Lipinski definition) is 1. The Morgan fingerprint density at radius 2 is 1.67 bits per heavy atom. The molecular formula is C11H25N. The van der Waals surface area contributed by atoms with Gasteiger partial charge in [0.15, 0.2) is 0 Å². The van der Waals surface area contributed by atoms with Crippen molar-refractivity contribution in [2.75, 3.05) is 13.6 Å². The summed E-state index contributed by atoms with van der Waals surface area (Å²) < 4.78 is 0. The lowest BCUT2D eigenvalue weighted by atomic mass is 9.92. The third-order valence-corrected chi connectivity index (χ3v) is 2.72. The van der Waals surface area contributed by atoms with Gasteiger partial charge >= 0.3 is 0 Å². The minimum absolute atomic E-state index is 0.856. The van der Waals surface area contributed by atoms with E-state index >= 15 is 0 Å². The first-order valence-electron chi connectivity index (χ1n) is 5.33. The molecule has 0 heterocycles. The first-order chi connectivity index (χ1) is 5.68. The SMILES string of the molecule is CNCCCCCC(C)C(C)C. The van der Waals surface area contributed by atoms with Gasteiger partial charge in [0.05, 0.1) is 0 Å². The molecule has 0 aliphatic heterocycles. The smallest absolute Gasteiger partial charge is 0.00519 e. The molecule has 0 amide bonds. The molecule has 1 atom stereocenters. The van der Waals surface area contributed by atoms with E-state index in [4.69, 9.17) is 0 Å². The van der Waals surface area contributed by atoms with E-state index in [1.165, 1.54) is 32.2 Å². The lowest BCUT2D eigenvalue weighted by molar-refractivity contribution is 0.376. The van der Waals surface area contributed by atoms with Crippen LogP contribution in [0.4, 0.5) is 0 Å². The van der Waals surface area contributed by atoms with Crippen LogP contribution in [0.15, 0.2) is 0 Å². The van der Waals surface area contributed by atoms with Gasteiger partial charge in [0.25, 0.3) is 0 Å². The topological polar surface area (TPSA) is 12.0 Å². The van der Waals surface area contributed by atoms with Crippen molar-refractivity contribution in [3.63, 3.8) is 0 Å². The molecule has 1 unspecified atom stereocenters. The average molecular weight is 171 g/mol. The van der Waals surface area contributed by atoms with Crippen LogP contribution in [0.3, 0.4) is 0 Å². The molecule has 1 N–H and O–H groups in total. The van der Waals surface area contributed by atoms with Gasteiger partial charge in [-0.05, 0) is 31.8 Å². The molecule has 0 bridgehead atoms. The Labute approximate surface area is 77.9 Å². The molecule has 0 radical (unpaired) electrons. The highest BCUT2D eigenvalue weighted by atomic mass is 14.8. The van der Waals surface area contributed by atoms with Gasteiger partial charge in [0.2, 0.25) is 0 Å². The first kappa shape index (κ1) is 12.0. The Morgan fingerprint density at radius 1 is 1.00 bits per heavy atom. The Bertz CT molecular complexity index is 89.0. The molecule has 0 aromatic carbocycles. The summed E-state index contributed by atoms with van der Waals surface area (Å²) in [5.74, 6) is 1.76. The zero-order valence-corrected chi connectivity index (χ0v) is 9.19. The molecule has 0 aliphatic rings. The Morgan fingerprint density at radius 3 is 2.17 bits per heavy atom. The van der Waals surface area contributed by atoms with E-state index in [0.29, 0.717) is 0 Å². The van der Waals surface area contributed by atoms with Crippen LogP contribution in [-0.2, 0) is 0 Å². The standard InChI is InChI=1S/C11H25N/c1-10(2)11(3)8-6-5-7-9-12-4/h10-12H,5-9H2,1-4H3. The molecule has 0 saturated carbocycles. The maximum Gasteiger partial charge on any atom is -0.00519 e. The van der Waals surface area contributed by atoms with Crippen molar-refractivity contribution < 1.29 is 0 Å². The van der Waals surface area contributed by atoms with E-state index in [2.05, 4.69) is 26.1 Å². The van der Waals surface area contributed by atoms with Crippen molar-refractivity contribution in [3.8, 4) is 0 Å². The highest BCUT2D eigenvalue weighted by molar-refractivity contribution is 4.57. The van der Waals surface area contributed by atoms with Gasteiger partial charge in [-0.1, -0.05) is 40.0 Å². The molecule has 0 spiro atoms. The van der Waals surface area contributed by atoms with Crippen LogP contribution in [0.1, 0.15) is 46.5 Å². The second-order valence-corrected chi connectivity index (χ2v) is 4.17. The van der Waals surface area contributed by atoms with Crippen LogP contribution in [0, 0.1) is 11.8 Å². The van der Waals surface area contributed by atoms with Crippen molar-refractivity contribution in [2.45, 2.75) is 46.5 Å². The molecule has 12 heavy (non-hydrogen) atoms. The predicted octanol–water partition coefficient (Wildman–Crippen LogP) is 3.06. The number of unbranched alkanes of at least 4 members (excludes halogenated alkanes) is 2. The van der Waals surface area contributed by atoms with E-state index in [-0.39, 0.29) is 0 Å². The fraction of sp³-hybridized carbons (Fsp3) is 1.00. The summed E-state index contributed by atoms with van der Waals surface area (Å²) >= 11 is 0. The van der Waals surface area contributed by atoms with Gasteiger partial charge < -0.3 is 5.32 Å². The van der Waals surface area contributed by atoms with Gasteiger partial charge in [-0.15, -0.1) is 0 Å². The maximum atomic E-state index is 3.18. The number of nitrogens with one attached hydrogen (secondary N) is 1. The third-order valence-electron chi connectivity index (χ3n) is 2.72. The summed E-state index contributed by atoms with van der Waals surface area (Å²) in [4.78, 5) is 0. The second kappa shape index (κ2) is 7.60. The zero-order valence-electron chi connectivity index (χ0n) is 9.19. The highest BCUT2D eigenvalue weighted by Crippen LogP contribution is 2.17. The van der Waals surface area contributed by atoms with E-state index < -0.39 is 0 Å². The molecular weight excluding hydrogens is 146 g/mol. The predicted molar refractivity (Wildman–Crippen MR) is 56.4 cm³/mol. The van der Waals surface area contributed by atoms with Crippen LogP contribution in [-0.4, -0.2) is 13.6 Å². The fourth-order valence-electron chi connectivity index (χ4n) is 1.28. The van der Waals surface area contributed by atoms with Crippen LogP contribution in [0.5, 0.6) is 0 Å². The van der Waals surface area contributed by atoms with Crippen molar-refractivity contribution in [1.29, 1.82) is 0 Å². The van der Waals surface area contributed by atoms with Crippen molar-refractivity contribution in [1.82, 2.24) is 5.32 Å². The van der Waals surface area contributed by atoms with Crippen LogP contribution >= 0.6 is 0 Å². The second-order valence-electron chi connectivity index (χ2n) is 4.17. The summed E-state index contributed by atoms with van der Waals surface area (Å²) in [6.45, 7) is 8.18. The van der Waals surface area contributed by atoms with Crippen molar-refractivity contribution >= 4 is 0 Å². The summed E-state index contributed by atoms with van der Waals surface area (Å²) in [6, 6.07) is 0. The summed E-state index contributed by atoms with van der Waals surface area (Å²) in [5.41, 5.74) is 0. The maximum absolute atomic E-state index is 3.18. The Hall–Kier alpha value is -0.0400. The molecule has 0 aliphatic carbocycles. The number of hydrogen-bond acceptors (Lipinski definition) is 1. The lowest BCUT2D eigenvalue weighted by Crippen LogP contribution is -2.08. The first-order valence-corrected chi connectivity index (χ1v) is 5.33. The molecule has 1 heteroatoms. The van der Waals surface area contributed by atoms with Crippen LogP contribution < -0.4 is 5.32 Å². The summed E-state index contributed by atoms with van der Waals surface area (Å²) in [5, 5.41) is 3.18. The Kier molecular flexibility index (Phi) is 7.58. The van der Waals surface area contributed by atoms with Gasteiger partial charge in [-0.25, -0.2) is 0 Å². The van der Waals surface area contributed by atoms with E-state index in [0.717, 1.165) is 11.8 Å². The fourth-order valence-corrected chi connectivity index (χ4v) is 1.28. The lowest BCUT2D eigenvalue weighted by Gasteiger charge is -2.14. The van der Waals surface area contributed by atoms with Gasteiger partial charge in [-0.2, -0.15) is 0 Å². The van der Waals surface area contributed by atoms with E-state index in [9.17, 15) is 0 Å². The van der Waals surface area contributed by atoms with E-state index in [1.807, 2.05) is 7.05 Å². The molecule has 0 aromatic rings. The summed E-state index contributed by atoms with van der Waals surface area (Å²) in [6.07, 6.45) is 5.53. The third kappa shape index (κ3) is 6.66. The van der Waals surface area contributed by atoms with Crippen LogP contribution in [0.25, 0.3) is 0 Å². The van der Waals surface area contributed by atoms with Crippen molar-refractivity contribution in [3.05, 3.63) is 0 Å². The highest BCUT2D eigenvalue weighted by Gasteiger charge is 2.05. The van der Waals surface area contributed by atoms with Crippen molar-refractivity contribution in [2.24, 2.45) is 11.8 Å². The van der Waals surface area contributed by atoms with E-state index in [1.54, 1.807) is 0 Å². The minimum atomic E-state index is 0.856. The van der Waals surface area contributed by atoms with Gasteiger partial charge in [0.1, 0.15) is 0 Å². The largest absolute Gasteiger partial charge is 0.320 e. The molecule has 1 nitrogen and oxygen atoms in total. The molecule has 0 saturated heterocycles. The minimum Gasteiger partial charge on any atom is -0.320 e. The van der Waals surface area contributed by atoms with Gasteiger partial charge in [0, 0.05) is 0 Å². The molecule has 0 fully saturated rings. The van der Waals surface area contributed by atoms with Crippen LogP contribution in [0.2, 0.25) is 0 Å². The normalized spacial score (nSPS) is 13.8. The monoisotopic (exact) mass is 171 g/mol. The zero-order chi connectivity index (χ0) is 9.40.